The number of amides is 4. The lowest BCUT2D eigenvalue weighted by Gasteiger charge is -2.12. The predicted octanol–water partition coefficient (Wildman–Crippen LogP) is 2.14. The number of anilines is 1. The van der Waals surface area contributed by atoms with Crippen molar-refractivity contribution >= 4 is 23.5 Å². The maximum atomic E-state index is 12.4. The Hall–Kier alpha value is -3.49. The van der Waals surface area contributed by atoms with Crippen LogP contribution in [0.1, 0.15) is 18.6 Å². The number of furan rings is 1. The maximum Gasteiger partial charge on any atom is 0.325 e. The smallest absolute Gasteiger partial charge is 0.325 e. The predicted molar refractivity (Wildman–Crippen MR) is 99.0 cm³/mol. The molecule has 1 unspecified atom stereocenters. The summed E-state index contributed by atoms with van der Waals surface area (Å²) >= 11 is 0. The van der Waals surface area contributed by atoms with Crippen LogP contribution >= 0.6 is 0 Å². The molecule has 2 aromatic rings. The van der Waals surface area contributed by atoms with Gasteiger partial charge in [0.05, 0.1) is 27.0 Å². The number of hydrogen-bond donors (Lipinski definition) is 2. The number of ether oxygens (including phenoxy) is 2. The van der Waals surface area contributed by atoms with E-state index in [2.05, 4.69) is 10.6 Å². The number of benzene rings is 1. The van der Waals surface area contributed by atoms with E-state index in [1.54, 1.807) is 30.3 Å². The minimum atomic E-state index is -0.737. The van der Waals surface area contributed by atoms with E-state index in [0.29, 0.717) is 22.9 Å². The van der Waals surface area contributed by atoms with Crippen LogP contribution in [0, 0.1) is 0 Å². The second-order valence-corrected chi connectivity index (χ2v) is 6.16. The van der Waals surface area contributed by atoms with E-state index in [1.165, 1.54) is 20.5 Å². The van der Waals surface area contributed by atoms with Crippen LogP contribution in [0.4, 0.5) is 10.5 Å². The highest BCUT2D eigenvalue weighted by atomic mass is 16.5. The first kappa shape index (κ1) is 19.3. The van der Waals surface area contributed by atoms with Crippen molar-refractivity contribution in [2.24, 2.45) is 0 Å². The highest BCUT2D eigenvalue weighted by molar-refractivity contribution is 6.04. The summed E-state index contributed by atoms with van der Waals surface area (Å²) in [6.07, 6.45) is 1.74. The molecular weight excluding hydrogens is 366 g/mol. The van der Waals surface area contributed by atoms with E-state index in [0.717, 1.165) is 4.90 Å². The first-order valence-corrected chi connectivity index (χ1v) is 8.68. The molecule has 1 atom stereocenters. The maximum absolute atomic E-state index is 12.4. The first-order chi connectivity index (χ1) is 13.5. The van der Waals surface area contributed by atoms with Gasteiger partial charge >= 0.3 is 6.03 Å². The molecule has 1 aromatic carbocycles. The Morgan fingerprint density at radius 2 is 2.00 bits per heavy atom. The van der Waals surface area contributed by atoms with E-state index in [4.69, 9.17) is 13.9 Å². The number of carbonyl (C=O) groups excluding carboxylic acids is 3. The van der Waals surface area contributed by atoms with Gasteiger partial charge in [-0.15, -0.1) is 0 Å². The fraction of sp³-hybridized carbons (Fsp3) is 0.316. The summed E-state index contributed by atoms with van der Waals surface area (Å²) < 4.78 is 15.5. The molecule has 0 bridgehead atoms. The third-order valence-corrected chi connectivity index (χ3v) is 4.33. The first-order valence-electron chi connectivity index (χ1n) is 8.68. The Bertz CT molecular complexity index is 865. The normalized spacial score (nSPS) is 16.1. The van der Waals surface area contributed by atoms with Crippen LogP contribution < -0.4 is 20.1 Å². The molecule has 3 rings (SSSR count). The third kappa shape index (κ3) is 4.25. The SMILES string of the molecule is COc1ccc(NC(=O)CCC2NC(=O)N(Cc3ccco3)C2=O)cc1OC. The van der Waals surface area contributed by atoms with E-state index in [-0.39, 0.29) is 31.2 Å². The Morgan fingerprint density at radius 1 is 1.21 bits per heavy atom. The van der Waals surface area contributed by atoms with Gasteiger partial charge in [0.2, 0.25) is 5.91 Å². The highest BCUT2D eigenvalue weighted by Gasteiger charge is 2.38. The van der Waals surface area contributed by atoms with Crippen molar-refractivity contribution in [1.82, 2.24) is 10.2 Å². The van der Waals surface area contributed by atoms with Gasteiger partial charge in [-0.25, -0.2) is 4.79 Å². The number of rotatable bonds is 8. The summed E-state index contributed by atoms with van der Waals surface area (Å²) in [6, 6.07) is 7.15. The molecule has 4 amide bonds. The number of hydrogen-bond acceptors (Lipinski definition) is 6. The van der Waals surface area contributed by atoms with Gasteiger partial charge in [-0.3, -0.25) is 14.5 Å². The summed E-state index contributed by atoms with van der Waals surface area (Å²) in [5, 5.41) is 5.34. The summed E-state index contributed by atoms with van der Waals surface area (Å²) in [7, 11) is 3.03. The van der Waals surface area contributed by atoms with Gasteiger partial charge in [-0.1, -0.05) is 0 Å². The lowest BCUT2D eigenvalue weighted by molar-refractivity contribution is -0.128. The molecule has 1 saturated heterocycles. The number of imide groups is 1. The minimum Gasteiger partial charge on any atom is -0.493 e. The molecule has 1 aliphatic heterocycles. The molecule has 1 aliphatic rings. The molecule has 0 saturated carbocycles. The summed E-state index contributed by atoms with van der Waals surface area (Å²) in [5.74, 6) is 0.901. The van der Waals surface area contributed by atoms with Crippen LogP contribution in [-0.2, 0) is 16.1 Å². The number of methoxy groups -OCH3 is 2. The van der Waals surface area contributed by atoms with Gasteiger partial charge in [0, 0.05) is 18.2 Å². The zero-order chi connectivity index (χ0) is 20.1. The Kier molecular flexibility index (Phi) is 5.83. The van der Waals surface area contributed by atoms with Crippen LogP contribution in [0.15, 0.2) is 41.0 Å². The quantitative estimate of drug-likeness (QED) is 0.672. The standard InChI is InChI=1S/C19H21N3O6/c1-26-15-7-5-12(10-16(15)27-2)20-17(23)8-6-14-18(24)22(19(25)21-14)11-13-4-3-9-28-13/h3-5,7,9-10,14H,6,8,11H2,1-2H3,(H,20,23)(H,21,25). The van der Waals surface area contributed by atoms with Crippen molar-refractivity contribution in [3.05, 3.63) is 42.4 Å². The van der Waals surface area contributed by atoms with Crippen molar-refractivity contribution in [2.45, 2.75) is 25.4 Å². The number of carbonyl (C=O) groups is 3. The molecule has 0 aliphatic carbocycles. The second kappa shape index (κ2) is 8.47. The monoisotopic (exact) mass is 387 g/mol. The topological polar surface area (TPSA) is 110 Å². The Balaban J connectivity index is 1.53. The molecule has 0 radical (unpaired) electrons. The number of nitrogens with one attached hydrogen (secondary N) is 2. The Labute approximate surface area is 161 Å². The van der Waals surface area contributed by atoms with E-state index in [1.807, 2.05) is 0 Å². The van der Waals surface area contributed by atoms with Gasteiger partial charge in [0.25, 0.3) is 5.91 Å². The van der Waals surface area contributed by atoms with E-state index in [9.17, 15) is 14.4 Å². The minimum absolute atomic E-state index is 0.0615. The van der Waals surface area contributed by atoms with Crippen LogP contribution in [-0.4, -0.2) is 43.0 Å². The van der Waals surface area contributed by atoms with Gasteiger partial charge in [0.1, 0.15) is 11.8 Å². The molecular formula is C19H21N3O6. The number of urea groups is 1. The molecule has 28 heavy (non-hydrogen) atoms. The molecule has 9 heteroatoms. The van der Waals surface area contributed by atoms with Crippen LogP contribution in [0.3, 0.4) is 0 Å². The lowest BCUT2D eigenvalue weighted by Crippen LogP contribution is -2.31. The molecule has 0 spiro atoms. The average molecular weight is 387 g/mol. The fourth-order valence-corrected chi connectivity index (χ4v) is 2.89. The van der Waals surface area contributed by atoms with Crippen molar-refractivity contribution < 1.29 is 28.3 Å². The molecule has 1 fully saturated rings. The van der Waals surface area contributed by atoms with Crippen molar-refractivity contribution in [3.8, 4) is 11.5 Å². The molecule has 1 aromatic heterocycles. The van der Waals surface area contributed by atoms with Crippen LogP contribution in [0.2, 0.25) is 0 Å². The zero-order valence-corrected chi connectivity index (χ0v) is 15.6. The summed E-state index contributed by atoms with van der Waals surface area (Å²) in [6.45, 7) is 0.0615. The van der Waals surface area contributed by atoms with Crippen molar-refractivity contribution in [2.75, 3.05) is 19.5 Å². The van der Waals surface area contributed by atoms with E-state index >= 15 is 0 Å². The van der Waals surface area contributed by atoms with Gasteiger partial charge in [-0.2, -0.15) is 0 Å². The largest absolute Gasteiger partial charge is 0.493 e. The van der Waals surface area contributed by atoms with Crippen LogP contribution in [0.5, 0.6) is 11.5 Å². The molecule has 148 valence electrons. The summed E-state index contributed by atoms with van der Waals surface area (Å²) in [5.41, 5.74) is 0.545. The highest BCUT2D eigenvalue weighted by Crippen LogP contribution is 2.29. The summed E-state index contributed by atoms with van der Waals surface area (Å²) in [4.78, 5) is 37.7. The van der Waals surface area contributed by atoms with Crippen molar-refractivity contribution in [1.29, 1.82) is 0 Å². The van der Waals surface area contributed by atoms with Gasteiger partial charge in [0.15, 0.2) is 11.5 Å². The number of nitrogens with zero attached hydrogens (tertiary/aromatic N) is 1. The van der Waals surface area contributed by atoms with E-state index < -0.39 is 12.1 Å². The lowest BCUT2D eigenvalue weighted by atomic mass is 10.1. The second-order valence-electron chi connectivity index (χ2n) is 6.16. The fourth-order valence-electron chi connectivity index (χ4n) is 2.89. The van der Waals surface area contributed by atoms with Gasteiger partial charge < -0.3 is 24.5 Å². The molecule has 2 N–H and O–H groups in total. The third-order valence-electron chi connectivity index (χ3n) is 4.33. The Morgan fingerprint density at radius 3 is 2.68 bits per heavy atom. The molecule has 2 heterocycles. The van der Waals surface area contributed by atoms with Crippen molar-refractivity contribution in [3.63, 3.8) is 0 Å². The van der Waals surface area contributed by atoms with Crippen LogP contribution in [0.25, 0.3) is 0 Å². The molecule has 9 nitrogen and oxygen atoms in total. The van der Waals surface area contributed by atoms with Gasteiger partial charge in [-0.05, 0) is 30.7 Å². The zero-order valence-electron chi connectivity index (χ0n) is 15.6. The average Bonchev–Trinajstić information content (AvgIpc) is 3.30.